The van der Waals surface area contributed by atoms with Crippen LogP contribution in [0.5, 0.6) is 0 Å². The Balaban J connectivity index is 1.99. The van der Waals surface area contributed by atoms with Gasteiger partial charge < -0.3 is 4.90 Å². The molecule has 0 spiro atoms. The third-order valence-electron chi connectivity index (χ3n) is 3.79. The number of amides is 1. The Morgan fingerprint density at radius 3 is 2.67 bits per heavy atom. The molecule has 1 aromatic rings. The van der Waals surface area contributed by atoms with Crippen LogP contribution >= 0.6 is 22.6 Å². The second kappa shape index (κ2) is 6.55. The van der Waals surface area contributed by atoms with Crippen molar-refractivity contribution in [2.24, 2.45) is 5.92 Å². The lowest BCUT2D eigenvalue weighted by Crippen LogP contribution is -2.29. The number of carbonyl (C=O) groups excluding carboxylic acids is 1. The molecule has 1 fully saturated rings. The lowest BCUT2D eigenvalue weighted by Gasteiger charge is -2.21. The number of hydrogen-bond donors (Lipinski definition) is 0. The van der Waals surface area contributed by atoms with Gasteiger partial charge in [-0.25, -0.2) is 0 Å². The highest BCUT2D eigenvalue weighted by atomic mass is 127. The number of carbonyl (C=O) groups is 1. The lowest BCUT2D eigenvalue weighted by atomic mass is 9.98. The van der Waals surface area contributed by atoms with Gasteiger partial charge in [-0.15, -0.1) is 0 Å². The predicted molar refractivity (Wildman–Crippen MR) is 82.2 cm³/mol. The Morgan fingerprint density at radius 2 is 2.00 bits per heavy atom. The molecule has 0 radical (unpaired) electrons. The van der Waals surface area contributed by atoms with Gasteiger partial charge in [0.15, 0.2) is 0 Å². The molecule has 1 aromatic carbocycles. The largest absolute Gasteiger partial charge is 0.338 e. The van der Waals surface area contributed by atoms with E-state index in [9.17, 15) is 4.79 Å². The smallest absolute Gasteiger partial charge is 0.222 e. The molecule has 2 rings (SSSR count). The Morgan fingerprint density at radius 1 is 1.28 bits per heavy atom. The highest BCUT2D eigenvalue weighted by Gasteiger charge is 2.21. The predicted octanol–water partition coefficient (Wildman–Crippen LogP) is 3.83. The zero-order chi connectivity index (χ0) is 13.0. The van der Waals surface area contributed by atoms with Gasteiger partial charge in [-0.1, -0.05) is 25.5 Å². The molecule has 0 aliphatic carbocycles. The minimum absolute atomic E-state index is 0.324. The van der Waals surface area contributed by atoms with E-state index in [2.05, 4.69) is 53.8 Å². The second-order valence-electron chi connectivity index (χ2n) is 5.04. The van der Waals surface area contributed by atoms with Gasteiger partial charge in [0.25, 0.3) is 0 Å². The fraction of sp³-hybridized carbons (Fsp3) is 0.533. The SMILES string of the molecule is CCC1CCC(=O)N(Cc2ccc(I)cc2)CC1. The first-order valence-corrected chi connectivity index (χ1v) is 7.79. The second-order valence-corrected chi connectivity index (χ2v) is 6.29. The zero-order valence-electron chi connectivity index (χ0n) is 10.9. The molecule has 98 valence electrons. The van der Waals surface area contributed by atoms with E-state index in [1.165, 1.54) is 15.6 Å². The zero-order valence-corrected chi connectivity index (χ0v) is 13.0. The Hall–Kier alpha value is -0.580. The van der Waals surface area contributed by atoms with Crippen molar-refractivity contribution in [2.45, 2.75) is 39.2 Å². The number of hydrogen-bond acceptors (Lipinski definition) is 1. The van der Waals surface area contributed by atoms with E-state index in [0.29, 0.717) is 5.91 Å². The summed E-state index contributed by atoms with van der Waals surface area (Å²) in [4.78, 5) is 14.1. The van der Waals surface area contributed by atoms with Crippen molar-refractivity contribution in [1.29, 1.82) is 0 Å². The molecule has 18 heavy (non-hydrogen) atoms. The first kappa shape index (κ1) is 13.8. The summed E-state index contributed by atoms with van der Waals surface area (Å²) < 4.78 is 1.24. The summed E-state index contributed by atoms with van der Waals surface area (Å²) in [5.41, 5.74) is 1.23. The van der Waals surface area contributed by atoms with Crippen LogP contribution in [0.3, 0.4) is 0 Å². The summed E-state index contributed by atoms with van der Waals surface area (Å²) in [6, 6.07) is 8.45. The van der Waals surface area contributed by atoms with E-state index < -0.39 is 0 Å². The summed E-state index contributed by atoms with van der Waals surface area (Å²) in [5.74, 6) is 1.06. The van der Waals surface area contributed by atoms with Crippen LogP contribution in [-0.4, -0.2) is 17.4 Å². The van der Waals surface area contributed by atoms with Crippen LogP contribution in [0.2, 0.25) is 0 Å². The van der Waals surface area contributed by atoms with Crippen molar-refractivity contribution in [2.75, 3.05) is 6.54 Å². The summed E-state index contributed by atoms with van der Waals surface area (Å²) in [7, 11) is 0. The van der Waals surface area contributed by atoms with Crippen LogP contribution in [0.25, 0.3) is 0 Å². The molecule has 2 nitrogen and oxygen atoms in total. The van der Waals surface area contributed by atoms with Crippen LogP contribution in [0.15, 0.2) is 24.3 Å². The summed E-state index contributed by atoms with van der Waals surface area (Å²) in [6.07, 6.45) is 4.15. The van der Waals surface area contributed by atoms with Crippen molar-refractivity contribution in [3.63, 3.8) is 0 Å². The molecule has 1 saturated heterocycles. The summed E-state index contributed by atoms with van der Waals surface area (Å²) in [6.45, 7) is 3.92. The van der Waals surface area contributed by atoms with E-state index in [0.717, 1.165) is 38.3 Å². The molecule has 1 heterocycles. The maximum atomic E-state index is 12.1. The molecule has 1 aliphatic heterocycles. The van der Waals surface area contributed by atoms with Gasteiger partial charge in [0.05, 0.1) is 0 Å². The third kappa shape index (κ3) is 3.70. The monoisotopic (exact) mass is 357 g/mol. The molecule has 1 amide bonds. The maximum absolute atomic E-state index is 12.1. The highest BCUT2D eigenvalue weighted by Crippen LogP contribution is 2.22. The first-order chi connectivity index (χ1) is 8.69. The van der Waals surface area contributed by atoms with Gasteiger partial charge in [0.2, 0.25) is 5.91 Å². The van der Waals surface area contributed by atoms with E-state index in [1.807, 2.05) is 4.90 Å². The number of halogens is 1. The summed E-state index contributed by atoms with van der Waals surface area (Å²) in [5, 5.41) is 0. The van der Waals surface area contributed by atoms with Gasteiger partial charge in [-0.3, -0.25) is 4.79 Å². The average Bonchev–Trinajstić information content (AvgIpc) is 2.55. The number of rotatable bonds is 3. The van der Waals surface area contributed by atoms with Gasteiger partial charge >= 0.3 is 0 Å². The van der Waals surface area contributed by atoms with Gasteiger partial charge in [-0.2, -0.15) is 0 Å². The normalized spacial score (nSPS) is 20.9. The van der Waals surface area contributed by atoms with Crippen molar-refractivity contribution in [3.8, 4) is 0 Å². The van der Waals surface area contributed by atoms with Crippen LogP contribution in [0.4, 0.5) is 0 Å². The van der Waals surface area contributed by atoms with E-state index >= 15 is 0 Å². The fourth-order valence-electron chi connectivity index (χ4n) is 2.48. The Labute approximate surface area is 123 Å². The van der Waals surface area contributed by atoms with Crippen molar-refractivity contribution in [1.82, 2.24) is 4.90 Å². The molecule has 0 N–H and O–H groups in total. The molecule has 1 aliphatic rings. The molecular formula is C15H20INO. The van der Waals surface area contributed by atoms with E-state index in [1.54, 1.807) is 0 Å². The fourth-order valence-corrected chi connectivity index (χ4v) is 2.84. The van der Waals surface area contributed by atoms with Gasteiger partial charge in [-0.05, 0) is 59.0 Å². The Bertz CT molecular complexity index is 401. The number of nitrogens with zero attached hydrogens (tertiary/aromatic N) is 1. The average molecular weight is 357 g/mol. The summed E-state index contributed by atoms with van der Waals surface area (Å²) >= 11 is 2.30. The maximum Gasteiger partial charge on any atom is 0.222 e. The molecule has 1 unspecified atom stereocenters. The minimum Gasteiger partial charge on any atom is -0.338 e. The highest BCUT2D eigenvalue weighted by molar-refractivity contribution is 14.1. The van der Waals surface area contributed by atoms with Crippen LogP contribution in [-0.2, 0) is 11.3 Å². The lowest BCUT2D eigenvalue weighted by molar-refractivity contribution is -0.131. The van der Waals surface area contributed by atoms with Crippen LogP contribution < -0.4 is 0 Å². The third-order valence-corrected chi connectivity index (χ3v) is 4.51. The molecule has 0 bridgehead atoms. The molecule has 3 heteroatoms. The molecule has 1 atom stereocenters. The molecular weight excluding hydrogens is 337 g/mol. The van der Waals surface area contributed by atoms with Crippen molar-refractivity contribution >= 4 is 28.5 Å². The number of likely N-dealkylation sites (tertiary alicyclic amines) is 1. The van der Waals surface area contributed by atoms with Crippen LogP contribution in [0, 0.1) is 9.49 Å². The van der Waals surface area contributed by atoms with Gasteiger partial charge in [0, 0.05) is 23.1 Å². The van der Waals surface area contributed by atoms with Crippen LogP contribution in [0.1, 0.15) is 38.2 Å². The standard InChI is InChI=1S/C15H20INO/c1-2-12-5-8-15(18)17(10-9-12)11-13-3-6-14(16)7-4-13/h3-4,6-7,12H,2,5,8-11H2,1H3. The van der Waals surface area contributed by atoms with E-state index in [-0.39, 0.29) is 0 Å². The first-order valence-electron chi connectivity index (χ1n) is 6.71. The topological polar surface area (TPSA) is 20.3 Å². The van der Waals surface area contributed by atoms with E-state index in [4.69, 9.17) is 0 Å². The Kier molecular flexibility index (Phi) is 5.03. The minimum atomic E-state index is 0.324. The molecule has 0 saturated carbocycles. The quantitative estimate of drug-likeness (QED) is 0.753. The molecule has 0 aromatic heterocycles. The van der Waals surface area contributed by atoms with Gasteiger partial charge in [0.1, 0.15) is 0 Å². The number of benzene rings is 1. The van der Waals surface area contributed by atoms with Crippen molar-refractivity contribution in [3.05, 3.63) is 33.4 Å². The van der Waals surface area contributed by atoms with Crippen molar-refractivity contribution < 1.29 is 4.79 Å².